The Morgan fingerprint density at radius 2 is 2.00 bits per heavy atom. The van der Waals surface area contributed by atoms with E-state index in [1.165, 1.54) is 0 Å². The molecule has 1 saturated heterocycles. The van der Waals surface area contributed by atoms with Crippen LogP contribution in [0.25, 0.3) is 0 Å². The molecular formula is C18H26N2O2S. The average molecular weight is 334 g/mol. The highest BCUT2D eigenvalue weighted by molar-refractivity contribution is 7.98. The van der Waals surface area contributed by atoms with E-state index in [-0.39, 0.29) is 29.8 Å². The number of hydrogen-bond acceptors (Lipinski definition) is 3. The summed E-state index contributed by atoms with van der Waals surface area (Å²) in [6, 6.07) is 9.61. The zero-order chi connectivity index (χ0) is 16.8. The fourth-order valence-electron chi connectivity index (χ4n) is 3.10. The Bertz CT molecular complexity index is 533. The first kappa shape index (κ1) is 17.9. The van der Waals surface area contributed by atoms with Crippen LogP contribution in [-0.4, -0.2) is 41.3 Å². The fourth-order valence-corrected chi connectivity index (χ4v) is 3.71. The van der Waals surface area contributed by atoms with Gasteiger partial charge in [0.25, 0.3) is 0 Å². The highest BCUT2D eigenvalue weighted by Gasteiger charge is 2.35. The lowest BCUT2D eigenvalue weighted by molar-refractivity contribution is -0.139. The molecule has 23 heavy (non-hydrogen) atoms. The minimum atomic E-state index is -0.377. The Morgan fingerprint density at radius 3 is 2.52 bits per heavy atom. The molecule has 0 aliphatic carbocycles. The van der Waals surface area contributed by atoms with Crippen molar-refractivity contribution in [2.24, 2.45) is 5.92 Å². The van der Waals surface area contributed by atoms with E-state index >= 15 is 0 Å². The first-order chi connectivity index (χ1) is 11.0. The number of likely N-dealkylation sites (tertiary alicyclic amines) is 1. The lowest BCUT2D eigenvalue weighted by Crippen LogP contribution is -2.51. The molecule has 0 unspecified atom stereocenters. The maximum atomic E-state index is 12.9. The van der Waals surface area contributed by atoms with Crippen molar-refractivity contribution < 1.29 is 9.59 Å². The Labute approximate surface area is 143 Å². The number of hydrogen-bond donors (Lipinski definition) is 1. The van der Waals surface area contributed by atoms with Gasteiger partial charge < -0.3 is 10.2 Å². The monoisotopic (exact) mass is 334 g/mol. The van der Waals surface area contributed by atoms with Gasteiger partial charge in [-0.1, -0.05) is 44.2 Å². The minimum Gasteiger partial charge on any atom is -0.347 e. The zero-order valence-corrected chi connectivity index (χ0v) is 14.9. The summed E-state index contributed by atoms with van der Waals surface area (Å²) < 4.78 is 0. The van der Waals surface area contributed by atoms with Crippen LogP contribution in [-0.2, 0) is 9.59 Å². The van der Waals surface area contributed by atoms with E-state index in [2.05, 4.69) is 5.32 Å². The zero-order valence-electron chi connectivity index (χ0n) is 14.1. The largest absolute Gasteiger partial charge is 0.347 e. The van der Waals surface area contributed by atoms with E-state index in [0.717, 1.165) is 17.7 Å². The molecule has 0 bridgehead atoms. The van der Waals surface area contributed by atoms with Crippen LogP contribution in [0.1, 0.15) is 38.3 Å². The summed E-state index contributed by atoms with van der Waals surface area (Å²) >= 11 is 1.70. The van der Waals surface area contributed by atoms with Crippen molar-refractivity contribution in [3.05, 3.63) is 35.9 Å². The van der Waals surface area contributed by atoms with Crippen molar-refractivity contribution in [3.8, 4) is 0 Å². The Morgan fingerprint density at radius 1 is 1.30 bits per heavy atom. The highest BCUT2D eigenvalue weighted by Crippen LogP contribution is 2.22. The van der Waals surface area contributed by atoms with E-state index < -0.39 is 0 Å². The van der Waals surface area contributed by atoms with Crippen molar-refractivity contribution in [2.75, 3.05) is 18.6 Å². The molecule has 0 aromatic heterocycles. The molecule has 1 N–H and O–H groups in total. The summed E-state index contributed by atoms with van der Waals surface area (Å²) in [7, 11) is 0. The van der Waals surface area contributed by atoms with Gasteiger partial charge in [-0.05, 0) is 24.2 Å². The number of benzene rings is 1. The number of thioether (sulfide) groups is 1. The van der Waals surface area contributed by atoms with Gasteiger partial charge in [-0.3, -0.25) is 9.59 Å². The molecule has 1 fully saturated rings. The van der Waals surface area contributed by atoms with Crippen molar-refractivity contribution >= 4 is 23.6 Å². The van der Waals surface area contributed by atoms with Gasteiger partial charge >= 0.3 is 0 Å². The quantitative estimate of drug-likeness (QED) is 0.834. The third-order valence-corrected chi connectivity index (χ3v) is 4.86. The molecule has 2 rings (SSSR count). The van der Waals surface area contributed by atoms with Crippen molar-refractivity contribution in [3.63, 3.8) is 0 Å². The molecule has 1 heterocycles. The number of carbonyl (C=O) groups is 2. The van der Waals surface area contributed by atoms with Gasteiger partial charge in [-0.2, -0.15) is 11.8 Å². The third-order valence-electron chi connectivity index (χ3n) is 4.20. The molecule has 0 radical (unpaired) electrons. The third kappa shape index (κ3) is 4.50. The molecule has 1 aromatic rings. The molecule has 0 spiro atoms. The van der Waals surface area contributed by atoms with Crippen molar-refractivity contribution in [1.82, 2.24) is 10.2 Å². The van der Waals surface area contributed by atoms with Gasteiger partial charge in [0.2, 0.25) is 11.8 Å². The number of nitrogens with one attached hydrogen (secondary N) is 1. The minimum absolute atomic E-state index is 0.0299. The van der Waals surface area contributed by atoms with Crippen molar-refractivity contribution in [2.45, 2.75) is 38.8 Å². The molecular weight excluding hydrogens is 308 g/mol. The van der Waals surface area contributed by atoms with Crippen LogP contribution in [0.3, 0.4) is 0 Å². The van der Waals surface area contributed by atoms with Crippen LogP contribution in [0.5, 0.6) is 0 Å². The summed E-state index contributed by atoms with van der Waals surface area (Å²) in [5.41, 5.74) is 1.10. The normalized spacial score (nSPS) is 17.4. The molecule has 1 aliphatic heterocycles. The van der Waals surface area contributed by atoms with Crippen molar-refractivity contribution in [1.29, 1.82) is 0 Å². The second-order valence-electron chi connectivity index (χ2n) is 6.31. The van der Waals surface area contributed by atoms with E-state index in [0.29, 0.717) is 13.0 Å². The SMILES string of the molecule is CSC[C@H](NC(=O)[C@@H](C(C)C)N1CCCC1=O)c1ccccc1. The highest BCUT2D eigenvalue weighted by atomic mass is 32.2. The summed E-state index contributed by atoms with van der Waals surface area (Å²) in [4.78, 5) is 26.7. The van der Waals surface area contributed by atoms with Crippen LogP contribution < -0.4 is 5.32 Å². The van der Waals surface area contributed by atoms with Gasteiger partial charge in [-0.25, -0.2) is 0 Å². The smallest absolute Gasteiger partial charge is 0.243 e. The Hall–Kier alpha value is -1.49. The van der Waals surface area contributed by atoms with Gasteiger partial charge in [0.1, 0.15) is 6.04 Å². The van der Waals surface area contributed by atoms with Crippen LogP contribution in [0.2, 0.25) is 0 Å². The standard InChI is InChI=1S/C18H26N2O2S/c1-13(2)17(20-11-7-10-16(20)21)18(22)19-15(12-23-3)14-8-5-4-6-9-14/h4-6,8-9,13,15,17H,7,10-12H2,1-3H3,(H,19,22)/t15-,17+/m0/s1. The lowest BCUT2D eigenvalue weighted by atomic mass is 10.0. The molecule has 5 heteroatoms. The first-order valence-corrected chi connectivity index (χ1v) is 9.57. The summed E-state index contributed by atoms with van der Waals surface area (Å²) in [5, 5.41) is 3.16. The summed E-state index contributed by atoms with van der Waals surface area (Å²) in [6.07, 6.45) is 3.44. The predicted octanol–water partition coefficient (Wildman–Crippen LogP) is 2.85. The molecule has 0 saturated carbocycles. The number of nitrogens with zero attached hydrogens (tertiary/aromatic N) is 1. The fraction of sp³-hybridized carbons (Fsp3) is 0.556. The maximum Gasteiger partial charge on any atom is 0.243 e. The molecule has 4 nitrogen and oxygen atoms in total. The Balaban J connectivity index is 2.13. The van der Waals surface area contributed by atoms with Gasteiger partial charge in [-0.15, -0.1) is 0 Å². The number of carbonyl (C=O) groups excluding carboxylic acids is 2. The van der Waals surface area contributed by atoms with E-state index in [9.17, 15) is 9.59 Å². The second kappa shape index (κ2) is 8.39. The Kier molecular flexibility index (Phi) is 6.51. The first-order valence-electron chi connectivity index (χ1n) is 8.18. The van der Waals surface area contributed by atoms with E-state index in [1.54, 1.807) is 16.7 Å². The number of rotatable bonds is 7. The summed E-state index contributed by atoms with van der Waals surface area (Å²) in [5.74, 6) is 0.968. The van der Waals surface area contributed by atoms with Crippen LogP contribution in [0.4, 0.5) is 0 Å². The van der Waals surface area contributed by atoms with E-state index in [1.807, 2.05) is 50.4 Å². The number of amides is 2. The summed E-state index contributed by atoms with van der Waals surface area (Å²) in [6.45, 7) is 4.69. The topological polar surface area (TPSA) is 49.4 Å². The van der Waals surface area contributed by atoms with Gasteiger partial charge in [0.05, 0.1) is 6.04 Å². The van der Waals surface area contributed by atoms with Crippen LogP contribution in [0.15, 0.2) is 30.3 Å². The predicted molar refractivity (Wildman–Crippen MR) is 95.3 cm³/mol. The van der Waals surface area contributed by atoms with Gasteiger partial charge in [0.15, 0.2) is 0 Å². The molecule has 2 amide bonds. The van der Waals surface area contributed by atoms with E-state index in [4.69, 9.17) is 0 Å². The molecule has 2 atom stereocenters. The van der Waals surface area contributed by atoms with Crippen LogP contribution in [0, 0.1) is 5.92 Å². The molecule has 1 aliphatic rings. The van der Waals surface area contributed by atoms with Gasteiger partial charge in [0, 0.05) is 18.7 Å². The maximum absolute atomic E-state index is 12.9. The molecule has 126 valence electrons. The lowest BCUT2D eigenvalue weighted by Gasteiger charge is -2.31. The van der Waals surface area contributed by atoms with Crippen LogP contribution >= 0.6 is 11.8 Å². The average Bonchev–Trinajstić information content (AvgIpc) is 2.93. The second-order valence-corrected chi connectivity index (χ2v) is 7.22. The molecule has 1 aromatic carbocycles.